The maximum absolute atomic E-state index is 13.6. The Morgan fingerprint density at radius 1 is 0.900 bits per heavy atom. The fraction of sp³-hybridized carbons (Fsp3) is 0.394. The van der Waals surface area contributed by atoms with Crippen molar-refractivity contribution in [3.8, 4) is 16.9 Å². The van der Waals surface area contributed by atoms with Crippen molar-refractivity contribution in [3.63, 3.8) is 0 Å². The molecule has 2 atom stereocenters. The Balaban J connectivity index is 1.16. The van der Waals surface area contributed by atoms with Gasteiger partial charge in [0.1, 0.15) is 12.4 Å². The fourth-order valence-electron chi connectivity index (χ4n) is 6.09. The molecule has 0 saturated heterocycles. The van der Waals surface area contributed by atoms with Crippen LogP contribution in [0.2, 0.25) is 0 Å². The lowest BCUT2D eigenvalue weighted by molar-refractivity contribution is -0.137. The monoisotopic (exact) mass is 541 g/mol. The largest absolute Gasteiger partial charge is 0.497 e. The summed E-state index contributed by atoms with van der Waals surface area (Å²) in [4.78, 5) is 28.5. The van der Waals surface area contributed by atoms with Gasteiger partial charge in [0.25, 0.3) is 0 Å². The van der Waals surface area contributed by atoms with Crippen LogP contribution >= 0.6 is 0 Å². The predicted molar refractivity (Wildman–Crippen MR) is 158 cm³/mol. The molecule has 3 aromatic rings. The summed E-state index contributed by atoms with van der Waals surface area (Å²) in [5, 5.41) is 6.44. The van der Waals surface area contributed by atoms with Gasteiger partial charge < -0.3 is 25.0 Å². The second-order valence-corrected chi connectivity index (χ2v) is 10.5. The number of carbonyl (C=O) groups is 2. The van der Waals surface area contributed by atoms with Crippen molar-refractivity contribution >= 4 is 17.7 Å². The highest BCUT2D eigenvalue weighted by Gasteiger charge is 2.35. The van der Waals surface area contributed by atoms with Crippen LogP contribution in [0.4, 0.5) is 10.5 Å². The van der Waals surface area contributed by atoms with Crippen molar-refractivity contribution in [3.05, 3.63) is 83.9 Å². The number of carbonyl (C=O) groups excluding carboxylic acids is 2. The van der Waals surface area contributed by atoms with Crippen LogP contribution in [0.25, 0.3) is 11.1 Å². The van der Waals surface area contributed by atoms with Crippen LogP contribution in [0.15, 0.2) is 72.8 Å². The molecule has 0 radical (unpaired) electrons. The Morgan fingerprint density at radius 2 is 1.55 bits per heavy atom. The van der Waals surface area contributed by atoms with Crippen molar-refractivity contribution in [2.24, 2.45) is 5.92 Å². The average Bonchev–Trinajstić information content (AvgIpc) is 3.32. The van der Waals surface area contributed by atoms with E-state index in [-0.39, 0.29) is 30.4 Å². The van der Waals surface area contributed by atoms with E-state index in [0.29, 0.717) is 19.6 Å². The summed E-state index contributed by atoms with van der Waals surface area (Å²) in [6.45, 7) is 4.13. The summed E-state index contributed by atoms with van der Waals surface area (Å²) in [7, 11) is 1.65. The van der Waals surface area contributed by atoms with E-state index < -0.39 is 6.09 Å². The first-order chi connectivity index (χ1) is 19.6. The minimum Gasteiger partial charge on any atom is -0.497 e. The molecule has 5 rings (SSSR count). The third kappa shape index (κ3) is 6.09. The van der Waals surface area contributed by atoms with Gasteiger partial charge in [0.05, 0.1) is 13.0 Å². The molecule has 0 aromatic heterocycles. The minimum atomic E-state index is -0.448. The van der Waals surface area contributed by atoms with Gasteiger partial charge in [-0.25, -0.2) is 4.79 Å². The molecule has 2 N–H and O–H groups in total. The lowest BCUT2D eigenvalue weighted by atomic mass is 9.83. The molecule has 2 unspecified atom stereocenters. The number of rotatable bonds is 10. The number of hydrogen-bond acceptors (Lipinski definition) is 5. The summed E-state index contributed by atoms with van der Waals surface area (Å²) < 4.78 is 11.0. The molecule has 2 aliphatic carbocycles. The third-order valence-electron chi connectivity index (χ3n) is 8.22. The third-order valence-corrected chi connectivity index (χ3v) is 8.22. The quantitative estimate of drug-likeness (QED) is 0.327. The molecule has 0 heterocycles. The standard InChI is InChI=1S/C33H39N3O4/c1-3-36(21-20-34-23-16-18-24(39-2)19-17-23)32(37)29-14-8-9-15-31(29)35-33(38)40-22-30-27-12-6-4-10-25(27)26-11-5-7-13-28(26)30/h4-7,10-13,16-19,29-31,34H,3,8-9,14-15,20-22H2,1-2H3,(H,35,38). The number of alkyl carbamates (subject to hydrolysis) is 1. The van der Waals surface area contributed by atoms with Crippen LogP contribution < -0.4 is 15.4 Å². The predicted octanol–water partition coefficient (Wildman–Crippen LogP) is 6.05. The van der Waals surface area contributed by atoms with Crippen LogP contribution in [0.3, 0.4) is 0 Å². The number of ether oxygens (including phenoxy) is 2. The summed E-state index contributed by atoms with van der Waals surface area (Å²) in [5.41, 5.74) is 5.75. The number of nitrogens with zero attached hydrogens (tertiary/aromatic N) is 1. The number of amides is 2. The number of anilines is 1. The Morgan fingerprint density at radius 3 is 2.20 bits per heavy atom. The molecule has 210 valence electrons. The maximum atomic E-state index is 13.6. The van der Waals surface area contributed by atoms with Crippen molar-refractivity contribution in [2.75, 3.05) is 38.7 Å². The first-order valence-corrected chi connectivity index (χ1v) is 14.4. The number of methoxy groups -OCH3 is 1. The van der Waals surface area contributed by atoms with E-state index in [1.807, 2.05) is 60.4 Å². The molecular weight excluding hydrogens is 502 g/mol. The van der Waals surface area contributed by atoms with Crippen LogP contribution in [-0.4, -0.2) is 56.3 Å². The SMILES string of the molecule is CCN(CCNc1ccc(OC)cc1)C(=O)C1CCCCC1NC(=O)OCC1c2ccccc2-c2ccccc21. The molecule has 1 saturated carbocycles. The summed E-state index contributed by atoms with van der Waals surface area (Å²) in [6.07, 6.45) is 3.08. The van der Waals surface area contributed by atoms with Gasteiger partial charge in [0.15, 0.2) is 0 Å². The van der Waals surface area contributed by atoms with Gasteiger partial charge in [-0.15, -0.1) is 0 Å². The molecule has 7 nitrogen and oxygen atoms in total. The normalized spacial score (nSPS) is 17.9. The van der Waals surface area contributed by atoms with Gasteiger partial charge in [-0.05, 0) is 66.3 Å². The van der Waals surface area contributed by atoms with Gasteiger partial charge >= 0.3 is 6.09 Å². The second kappa shape index (κ2) is 12.9. The minimum absolute atomic E-state index is 0.00993. The van der Waals surface area contributed by atoms with E-state index in [4.69, 9.17) is 9.47 Å². The Kier molecular flexibility index (Phi) is 8.89. The van der Waals surface area contributed by atoms with E-state index in [2.05, 4.69) is 34.9 Å². The molecule has 0 bridgehead atoms. The molecule has 2 aliphatic rings. The van der Waals surface area contributed by atoms with Crippen LogP contribution in [0, 0.1) is 5.92 Å². The van der Waals surface area contributed by atoms with E-state index >= 15 is 0 Å². The molecule has 0 aliphatic heterocycles. The van der Waals surface area contributed by atoms with Crippen molar-refractivity contribution in [2.45, 2.75) is 44.6 Å². The Labute approximate surface area is 236 Å². The topological polar surface area (TPSA) is 79.9 Å². The van der Waals surface area contributed by atoms with Gasteiger partial charge in [-0.1, -0.05) is 61.4 Å². The van der Waals surface area contributed by atoms with Crippen molar-refractivity contribution in [1.82, 2.24) is 10.2 Å². The molecular formula is C33H39N3O4. The first kappa shape index (κ1) is 27.6. The van der Waals surface area contributed by atoms with E-state index in [1.54, 1.807) is 7.11 Å². The number of benzene rings is 3. The highest BCUT2D eigenvalue weighted by Crippen LogP contribution is 2.44. The zero-order valence-electron chi connectivity index (χ0n) is 23.4. The number of hydrogen-bond donors (Lipinski definition) is 2. The molecule has 7 heteroatoms. The Bertz CT molecular complexity index is 1260. The van der Waals surface area contributed by atoms with E-state index in [1.165, 1.54) is 22.3 Å². The number of fused-ring (bicyclic) bond motifs is 3. The smallest absolute Gasteiger partial charge is 0.407 e. The lowest BCUT2D eigenvalue weighted by Gasteiger charge is -2.34. The molecule has 3 aromatic carbocycles. The maximum Gasteiger partial charge on any atom is 0.407 e. The Hall–Kier alpha value is -4.00. The second-order valence-electron chi connectivity index (χ2n) is 10.5. The molecule has 40 heavy (non-hydrogen) atoms. The van der Waals surface area contributed by atoms with Crippen LogP contribution in [0.5, 0.6) is 5.75 Å². The van der Waals surface area contributed by atoms with Crippen LogP contribution in [0.1, 0.15) is 49.7 Å². The number of likely N-dealkylation sites (N-methyl/N-ethyl adjacent to an activating group) is 1. The average molecular weight is 542 g/mol. The number of nitrogens with one attached hydrogen (secondary N) is 2. The summed E-state index contributed by atoms with van der Waals surface area (Å²) >= 11 is 0. The zero-order chi connectivity index (χ0) is 27.9. The highest BCUT2D eigenvalue weighted by atomic mass is 16.5. The molecule has 2 amide bonds. The van der Waals surface area contributed by atoms with E-state index in [0.717, 1.165) is 37.1 Å². The summed E-state index contributed by atoms with van der Waals surface area (Å²) in [5.74, 6) is 0.678. The van der Waals surface area contributed by atoms with Crippen LogP contribution in [-0.2, 0) is 9.53 Å². The fourth-order valence-corrected chi connectivity index (χ4v) is 6.09. The van der Waals surface area contributed by atoms with Crippen molar-refractivity contribution in [1.29, 1.82) is 0 Å². The van der Waals surface area contributed by atoms with Gasteiger partial charge in [-0.2, -0.15) is 0 Å². The van der Waals surface area contributed by atoms with Gasteiger partial charge in [0.2, 0.25) is 5.91 Å². The lowest BCUT2D eigenvalue weighted by Crippen LogP contribution is -2.50. The zero-order valence-corrected chi connectivity index (χ0v) is 23.4. The highest BCUT2D eigenvalue weighted by molar-refractivity contribution is 5.81. The van der Waals surface area contributed by atoms with Crippen molar-refractivity contribution < 1.29 is 19.1 Å². The molecule has 0 spiro atoms. The van der Waals surface area contributed by atoms with E-state index in [9.17, 15) is 9.59 Å². The first-order valence-electron chi connectivity index (χ1n) is 14.4. The van der Waals surface area contributed by atoms with Gasteiger partial charge in [0, 0.05) is 37.3 Å². The molecule has 1 fully saturated rings. The van der Waals surface area contributed by atoms with Gasteiger partial charge in [-0.3, -0.25) is 4.79 Å². The summed E-state index contributed by atoms with van der Waals surface area (Å²) in [6, 6.07) is 24.1.